The molecule has 0 spiro atoms. The number of aromatic nitrogens is 2. The molecule has 0 aliphatic rings. The van der Waals surface area contributed by atoms with E-state index in [1.165, 1.54) is 0 Å². The van der Waals surface area contributed by atoms with E-state index in [1.807, 2.05) is 42.5 Å². The minimum Gasteiger partial charge on any atom is -0.380 e. The lowest BCUT2D eigenvalue weighted by Crippen LogP contribution is -2.13. The molecule has 5 nitrogen and oxygen atoms in total. The molecule has 0 aliphatic carbocycles. The highest BCUT2D eigenvalue weighted by Gasteiger charge is 2.07. The molecule has 0 atom stereocenters. The fraction of sp³-hybridized carbons (Fsp3) is 0.0556. The standard InChI is InChI=1S/C18H15BrN4O/c19-14-2-1-3-15(10-14)23-18(24)17-5-4-16(12-22-17)21-11-13-6-8-20-9-7-13/h1-10,12,21H,11H2,(H,23,24). The summed E-state index contributed by atoms with van der Waals surface area (Å²) in [6.07, 6.45) is 5.16. The van der Waals surface area contributed by atoms with E-state index in [0.717, 1.165) is 21.4 Å². The van der Waals surface area contributed by atoms with Gasteiger partial charge >= 0.3 is 0 Å². The van der Waals surface area contributed by atoms with E-state index in [-0.39, 0.29) is 5.91 Å². The highest BCUT2D eigenvalue weighted by molar-refractivity contribution is 9.10. The van der Waals surface area contributed by atoms with Crippen LogP contribution in [0.1, 0.15) is 16.1 Å². The second kappa shape index (κ2) is 7.70. The molecule has 3 rings (SSSR count). The molecular formula is C18H15BrN4O. The van der Waals surface area contributed by atoms with Crippen molar-refractivity contribution in [2.24, 2.45) is 0 Å². The topological polar surface area (TPSA) is 66.9 Å². The Morgan fingerprint density at radius 3 is 2.58 bits per heavy atom. The van der Waals surface area contributed by atoms with Crippen LogP contribution in [0.2, 0.25) is 0 Å². The van der Waals surface area contributed by atoms with Crippen molar-refractivity contribution >= 4 is 33.2 Å². The minimum atomic E-state index is -0.242. The van der Waals surface area contributed by atoms with Crippen LogP contribution in [-0.4, -0.2) is 15.9 Å². The van der Waals surface area contributed by atoms with Gasteiger partial charge in [-0.3, -0.25) is 9.78 Å². The van der Waals surface area contributed by atoms with E-state index in [4.69, 9.17) is 0 Å². The monoisotopic (exact) mass is 382 g/mol. The number of amides is 1. The first-order valence-electron chi connectivity index (χ1n) is 7.36. The number of rotatable bonds is 5. The van der Waals surface area contributed by atoms with Gasteiger partial charge in [0.15, 0.2) is 0 Å². The molecule has 2 aromatic heterocycles. The Labute approximate surface area is 148 Å². The normalized spacial score (nSPS) is 10.2. The van der Waals surface area contributed by atoms with Gasteiger partial charge in [-0.1, -0.05) is 22.0 Å². The van der Waals surface area contributed by atoms with Crippen molar-refractivity contribution in [3.63, 3.8) is 0 Å². The third kappa shape index (κ3) is 4.39. The first-order chi connectivity index (χ1) is 11.7. The third-order valence-electron chi connectivity index (χ3n) is 3.32. The molecule has 0 bridgehead atoms. The van der Waals surface area contributed by atoms with E-state index in [1.54, 1.807) is 24.7 Å². The minimum absolute atomic E-state index is 0.242. The maximum Gasteiger partial charge on any atom is 0.274 e. The average molecular weight is 383 g/mol. The largest absolute Gasteiger partial charge is 0.380 e. The Balaban J connectivity index is 1.60. The number of halogens is 1. The van der Waals surface area contributed by atoms with Crippen molar-refractivity contribution < 1.29 is 4.79 Å². The van der Waals surface area contributed by atoms with Crippen molar-refractivity contribution in [2.45, 2.75) is 6.54 Å². The molecular weight excluding hydrogens is 368 g/mol. The lowest BCUT2D eigenvalue weighted by Gasteiger charge is -2.08. The van der Waals surface area contributed by atoms with Gasteiger partial charge in [0.25, 0.3) is 5.91 Å². The van der Waals surface area contributed by atoms with Crippen molar-refractivity contribution in [3.05, 3.63) is 82.9 Å². The summed E-state index contributed by atoms with van der Waals surface area (Å²) >= 11 is 3.38. The van der Waals surface area contributed by atoms with Crippen LogP contribution in [0.15, 0.2) is 71.6 Å². The summed E-state index contributed by atoms with van der Waals surface area (Å²) < 4.78 is 0.906. The Morgan fingerprint density at radius 1 is 1.04 bits per heavy atom. The van der Waals surface area contributed by atoms with Crippen LogP contribution in [0.25, 0.3) is 0 Å². The number of benzene rings is 1. The summed E-state index contributed by atoms with van der Waals surface area (Å²) in [5, 5.41) is 6.07. The first-order valence-corrected chi connectivity index (χ1v) is 8.16. The van der Waals surface area contributed by atoms with E-state index in [9.17, 15) is 4.79 Å². The van der Waals surface area contributed by atoms with Crippen LogP contribution >= 0.6 is 15.9 Å². The number of hydrogen-bond donors (Lipinski definition) is 2. The summed E-state index contributed by atoms with van der Waals surface area (Å²) in [5.74, 6) is -0.242. The third-order valence-corrected chi connectivity index (χ3v) is 3.82. The van der Waals surface area contributed by atoms with Gasteiger partial charge in [-0.25, -0.2) is 4.98 Å². The molecule has 0 aliphatic heterocycles. The van der Waals surface area contributed by atoms with Crippen LogP contribution in [0.5, 0.6) is 0 Å². The number of hydrogen-bond acceptors (Lipinski definition) is 4. The SMILES string of the molecule is O=C(Nc1cccc(Br)c1)c1ccc(NCc2ccncc2)cn1. The van der Waals surface area contributed by atoms with E-state index < -0.39 is 0 Å². The highest BCUT2D eigenvalue weighted by Crippen LogP contribution is 2.16. The van der Waals surface area contributed by atoms with E-state index >= 15 is 0 Å². The van der Waals surface area contributed by atoms with Gasteiger partial charge in [0.05, 0.1) is 11.9 Å². The molecule has 2 heterocycles. The van der Waals surface area contributed by atoms with E-state index in [2.05, 4.69) is 36.5 Å². The molecule has 120 valence electrons. The predicted octanol–water partition coefficient (Wildman–Crippen LogP) is 4.10. The fourth-order valence-corrected chi connectivity index (χ4v) is 2.50. The molecule has 0 unspecified atom stereocenters. The van der Waals surface area contributed by atoms with Gasteiger partial charge in [0, 0.05) is 29.1 Å². The van der Waals surface area contributed by atoms with Crippen LogP contribution in [0.4, 0.5) is 11.4 Å². The second-order valence-electron chi connectivity index (χ2n) is 5.11. The van der Waals surface area contributed by atoms with Crippen molar-refractivity contribution in [1.82, 2.24) is 9.97 Å². The number of nitrogens with zero attached hydrogens (tertiary/aromatic N) is 2. The van der Waals surface area contributed by atoms with Crippen LogP contribution in [-0.2, 0) is 6.54 Å². The molecule has 0 fully saturated rings. The Morgan fingerprint density at radius 2 is 1.88 bits per heavy atom. The van der Waals surface area contributed by atoms with Crippen molar-refractivity contribution in [2.75, 3.05) is 10.6 Å². The average Bonchev–Trinajstić information content (AvgIpc) is 2.61. The highest BCUT2D eigenvalue weighted by atomic mass is 79.9. The van der Waals surface area contributed by atoms with Gasteiger partial charge in [0.2, 0.25) is 0 Å². The summed E-state index contributed by atoms with van der Waals surface area (Å²) in [6, 6.07) is 14.8. The number of anilines is 2. The molecule has 24 heavy (non-hydrogen) atoms. The summed E-state index contributed by atoms with van der Waals surface area (Å²) in [6.45, 7) is 0.674. The zero-order valence-electron chi connectivity index (χ0n) is 12.7. The zero-order chi connectivity index (χ0) is 16.8. The quantitative estimate of drug-likeness (QED) is 0.696. The van der Waals surface area contributed by atoms with E-state index in [0.29, 0.717) is 12.2 Å². The molecule has 0 radical (unpaired) electrons. The lowest BCUT2D eigenvalue weighted by atomic mass is 10.2. The number of nitrogens with one attached hydrogen (secondary N) is 2. The van der Waals surface area contributed by atoms with Crippen LogP contribution in [0.3, 0.4) is 0 Å². The lowest BCUT2D eigenvalue weighted by molar-refractivity contribution is 0.102. The van der Waals surface area contributed by atoms with Gasteiger partial charge in [-0.15, -0.1) is 0 Å². The maximum absolute atomic E-state index is 12.2. The Bertz CT molecular complexity index is 822. The van der Waals surface area contributed by atoms with Crippen LogP contribution < -0.4 is 10.6 Å². The van der Waals surface area contributed by atoms with Crippen molar-refractivity contribution in [1.29, 1.82) is 0 Å². The van der Waals surface area contributed by atoms with Gasteiger partial charge in [-0.2, -0.15) is 0 Å². The van der Waals surface area contributed by atoms with Crippen molar-refractivity contribution in [3.8, 4) is 0 Å². The number of pyridine rings is 2. The van der Waals surface area contributed by atoms with Gasteiger partial charge in [0.1, 0.15) is 5.69 Å². The summed E-state index contributed by atoms with van der Waals surface area (Å²) in [4.78, 5) is 20.4. The molecule has 3 aromatic rings. The fourth-order valence-electron chi connectivity index (χ4n) is 2.10. The predicted molar refractivity (Wildman–Crippen MR) is 97.9 cm³/mol. The van der Waals surface area contributed by atoms with Gasteiger partial charge < -0.3 is 10.6 Å². The number of carbonyl (C=O) groups is 1. The van der Waals surface area contributed by atoms with Gasteiger partial charge in [-0.05, 0) is 48.0 Å². The molecule has 1 amide bonds. The summed E-state index contributed by atoms with van der Waals surface area (Å²) in [7, 11) is 0. The second-order valence-corrected chi connectivity index (χ2v) is 6.02. The first kappa shape index (κ1) is 16.1. The molecule has 0 saturated carbocycles. The molecule has 6 heteroatoms. The smallest absolute Gasteiger partial charge is 0.274 e. The number of carbonyl (C=O) groups excluding carboxylic acids is 1. The summed E-state index contributed by atoms with van der Waals surface area (Å²) in [5.41, 5.74) is 3.06. The molecule has 1 aromatic carbocycles. The maximum atomic E-state index is 12.2. The molecule has 0 saturated heterocycles. The molecule has 2 N–H and O–H groups in total. The Hall–Kier alpha value is -2.73. The zero-order valence-corrected chi connectivity index (χ0v) is 14.3. The van der Waals surface area contributed by atoms with Crippen LogP contribution in [0, 0.1) is 0 Å². The Kier molecular flexibility index (Phi) is 5.18.